The Bertz CT molecular complexity index is 1140. The molecule has 180 valence electrons. The summed E-state index contributed by atoms with van der Waals surface area (Å²) in [5.41, 5.74) is 0.107. The van der Waals surface area contributed by atoms with Gasteiger partial charge in [-0.05, 0) is 13.0 Å². The number of amidine groups is 1. The number of ether oxygens (including phenoxy) is 2. The maximum absolute atomic E-state index is 14.9. The normalized spacial score (nSPS) is 21.1. The molecule has 34 heavy (non-hydrogen) atoms. The van der Waals surface area contributed by atoms with Crippen LogP contribution >= 0.6 is 11.3 Å². The van der Waals surface area contributed by atoms with E-state index in [9.17, 15) is 23.5 Å². The number of morpholine rings is 1. The second kappa shape index (κ2) is 10.4. The van der Waals surface area contributed by atoms with Gasteiger partial charge in [-0.2, -0.15) is 0 Å². The van der Waals surface area contributed by atoms with Crippen molar-refractivity contribution in [3.8, 4) is 0 Å². The van der Waals surface area contributed by atoms with Crippen molar-refractivity contribution in [2.45, 2.75) is 19.0 Å². The van der Waals surface area contributed by atoms with Gasteiger partial charge in [-0.25, -0.2) is 18.6 Å². The molecular weight excluding hydrogens is 470 g/mol. The predicted octanol–water partition coefficient (Wildman–Crippen LogP) is 2.12. The maximum Gasteiger partial charge on any atom is 0.338 e. The number of rotatable bonds is 7. The van der Waals surface area contributed by atoms with Gasteiger partial charge in [-0.3, -0.25) is 14.7 Å². The highest BCUT2D eigenvalue weighted by atomic mass is 32.1. The zero-order valence-corrected chi connectivity index (χ0v) is 19.0. The number of nitrogens with zero attached hydrogens (tertiary/aromatic N) is 3. The third-order valence-electron chi connectivity index (χ3n) is 5.42. The Morgan fingerprint density at radius 1 is 1.38 bits per heavy atom. The number of aromatic nitrogens is 1. The van der Waals surface area contributed by atoms with Gasteiger partial charge >= 0.3 is 11.9 Å². The fraction of sp³-hybridized carbons (Fsp3) is 0.364. The van der Waals surface area contributed by atoms with Crippen molar-refractivity contribution in [2.24, 2.45) is 4.99 Å². The zero-order chi connectivity index (χ0) is 24.2. The molecule has 2 aromatic rings. The fourth-order valence-electron chi connectivity index (χ4n) is 3.83. The predicted molar refractivity (Wildman–Crippen MR) is 118 cm³/mol. The molecule has 9 nitrogen and oxygen atoms in total. The zero-order valence-electron chi connectivity index (χ0n) is 18.2. The summed E-state index contributed by atoms with van der Waals surface area (Å²) in [6.07, 6.45) is 1.56. The van der Waals surface area contributed by atoms with Crippen molar-refractivity contribution < 1.29 is 33.0 Å². The first-order valence-corrected chi connectivity index (χ1v) is 11.4. The first kappa shape index (κ1) is 23.9. The summed E-state index contributed by atoms with van der Waals surface area (Å²) in [4.78, 5) is 35.2. The molecule has 12 heteroatoms. The molecule has 2 atom stereocenters. The van der Waals surface area contributed by atoms with Crippen molar-refractivity contribution in [2.75, 3.05) is 32.9 Å². The van der Waals surface area contributed by atoms with Crippen molar-refractivity contribution in [1.29, 1.82) is 0 Å². The minimum absolute atomic E-state index is 0.00763. The molecule has 2 unspecified atom stereocenters. The monoisotopic (exact) mass is 492 g/mol. The van der Waals surface area contributed by atoms with Gasteiger partial charge in [0.2, 0.25) is 0 Å². The average Bonchev–Trinajstić information content (AvgIpc) is 3.36. The summed E-state index contributed by atoms with van der Waals surface area (Å²) in [6.45, 7) is 2.24. The Labute approximate surface area is 197 Å². The van der Waals surface area contributed by atoms with Gasteiger partial charge in [-0.15, -0.1) is 11.3 Å². The number of hydrogen-bond donors (Lipinski definition) is 2. The number of hydrogen-bond acceptors (Lipinski definition) is 9. The van der Waals surface area contributed by atoms with Crippen LogP contribution in [-0.4, -0.2) is 71.7 Å². The molecule has 1 aromatic carbocycles. The molecule has 1 aromatic heterocycles. The van der Waals surface area contributed by atoms with Crippen molar-refractivity contribution in [1.82, 2.24) is 15.2 Å². The number of aliphatic imine (C=N–C) groups is 1. The number of esters is 1. The molecule has 0 amide bonds. The Morgan fingerprint density at radius 2 is 2.21 bits per heavy atom. The van der Waals surface area contributed by atoms with E-state index in [-0.39, 0.29) is 42.4 Å². The SMILES string of the molecule is CCOC(=O)C1=C(CN2CCOCC2C(=O)O)NC(c2nccs2)=NC1c1cccc(F)c1F. The first-order valence-electron chi connectivity index (χ1n) is 10.5. The fourth-order valence-corrected chi connectivity index (χ4v) is 4.42. The quantitative estimate of drug-likeness (QED) is 0.565. The highest BCUT2D eigenvalue weighted by molar-refractivity contribution is 7.11. The lowest BCUT2D eigenvalue weighted by molar-refractivity contribution is -0.149. The lowest BCUT2D eigenvalue weighted by Crippen LogP contribution is -2.52. The second-order valence-corrected chi connectivity index (χ2v) is 8.39. The second-order valence-electron chi connectivity index (χ2n) is 7.50. The summed E-state index contributed by atoms with van der Waals surface area (Å²) in [5.74, 6) is -3.79. The number of carboxylic acids is 1. The summed E-state index contributed by atoms with van der Waals surface area (Å²) in [5, 5.41) is 14.9. The molecule has 1 fully saturated rings. The molecular formula is C22H22F2N4O5S. The molecule has 2 N–H and O–H groups in total. The minimum atomic E-state index is -1.23. The maximum atomic E-state index is 14.9. The molecule has 4 rings (SSSR count). The summed E-state index contributed by atoms with van der Waals surface area (Å²) >= 11 is 1.27. The van der Waals surface area contributed by atoms with Gasteiger partial charge in [0.1, 0.15) is 12.1 Å². The van der Waals surface area contributed by atoms with Crippen LogP contribution in [-0.2, 0) is 19.1 Å². The first-order chi connectivity index (χ1) is 16.4. The van der Waals surface area contributed by atoms with E-state index in [1.807, 2.05) is 0 Å². The number of nitrogens with one attached hydrogen (secondary N) is 1. The smallest absolute Gasteiger partial charge is 0.338 e. The lowest BCUT2D eigenvalue weighted by Gasteiger charge is -2.35. The molecule has 0 aliphatic carbocycles. The lowest BCUT2D eigenvalue weighted by atomic mass is 9.94. The van der Waals surface area contributed by atoms with Gasteiger partial charge in [0.15, 0.2) is 22.5 Å². The Morgan fingerprint density at radius 3 is 2.91 bits per heavy atom. The van der Waals surface area contributed by atoms with E-state index in [1.165, 1.54) is 23.5 Å². The number of aliphatic carboxylic acids is 1. The molecule has 0 spiro atoms. The standard InChI is InChI=1S/C22H22F2N4O5S/c1-2-33-22(31)16-14(10-28-7-8-32-11-15(28)21(29)30)26-19(20-25-6-9-34-20)27-18(16)12-4-3-5-13(23)17(12)24/h3-6,9,15,18H,2,7-8,10-11H2,1H3,(H,26,27)(H,29,30). The van der Waals surface area contributed by atoms with Crippen LogP contribution in [0.5, 0.6) is 0 Å². The number of thiazole rings is 1. The summed E-state index contributed by atoms with van der Waals surface area (Å²) in [6, 6.07) is 1.49. The van der Waals surface area contributed by atoms with E-state index < -0.39 is 35.7 Å². The van der Waals surface area contributed by atoms with E-state index in [0.717, 1.165) is 6.07 Å². The summed E-state index contributed by atoms with van der Waals surface area (Å²) in [7, 11) is 0. The number of carboxylic acid groups (broad SMARTS) is 1. The highest BCUT2D eigenvalue weighted by Crippen LogP contribution is 2.35. The largest absolute Gasteiger partial charge is 0.480 e. The Kier molecular flexibility index (Phi) is 7.29. The summed E-state index contributed by atoms with van der Waals surface area (Å²) < 4.78 is 39.5. The highest BCUT2D eigenvalue weighted by Gasteiger charge is 2.37. The molecule has 0 saturated carbocycles. The van der Waals surface area contributed by atoms with Crippen LogP contribution in [0, 0.1) is 11.6 Å². The van der Waals surface area contributed by atoms with Crippen LogP contribution in [0.4, 0.5) is 8.78 Å². The van der Waals surface area contributed by atoms with E-state index in [2.05, 4.69) is 15.3 Å². The van der Waals surface area contributed by atoms with Gasteiger partial charge in [0.05, 0.1) is 25.4 Å². The van der Waals surface area contributed by atoms with Gasteiger partial charge in [0.25, 0.3) is 0 Å². The molecule has 2 aliphatic rings. The molecule has 2 aliphatic heterocycles. The number of benzene rings is 1. The Balaban J connectivity index is 1.84. The van der Waals surface area contributed by atoms with Crippen molar-refractivity contribution in [3.63, 3.8) is 0 Å². The van der Waals surface area contributed by atoms with Crippen LogP contribution in [0.3, 0.4) is 0 Å². The molecule has 0 radical (unpaired) electrons. The molecule has 0 bridgehead atoms. The third kappa shape index (κ3) is 4.83. The topological polar surface area (TPSA) is 113 Å². The van der Waals surface area contributed by atoms with Crippen LogP contribution in [0.15, 0.2) is 46.0 Å². The van der Waals surface area contributed by atoms with Crippen LogP contribution in [0.2, 0.25) is 0 Å². The van der Waals surface area contributed by atoms with Crippen LogP contribution in [0.1, 0.15) is 23.5 Å². The average molecular weight is 493 g/mol. The molecule has 1 saturated heterocycles. The van der Waals surface area contributed by atoms with E-state index in [0.29, 0.717) is 18.2 Å². The number of carbonyl (C=O) groups excluding carboxylic acids is 1. The van der Waals surface area contributed by atoms with E-state index >= 15 is 0 Å². The van der Waals surface area contributed by atoms with Gasteiger partial charge in [0, 0.05) is 35.9 Å². The minimum Gasteiger partial charge on any atom is -0.480 e. The third-order valence-corrected chi connectivity index (χ3v) is 6.20. The van der Waals surface area contributed by atoms with E-state index in [1.54, 1.807) is 23.4 Å². The van der Waals surface area contributed by atoms with Gasteiger partial charge < -0.3 is 19.9 Å². The van der Waals surface area contributed by atoms with Crippen molar-refractivity contribution in [3.05, 3.63) is 63.3 Å². The number of carbonyl (C=O) groups is 2. The van der Waals surface area contributed by atoms with Crippen LogP contribution in [0.25, 0.3) is 0 Å². The van der Waals surface area contributed by atoms with Crippen molar-refractivity contribution >= 4 is 29.1 Å². The Hall–Kier alpha value is -3.22. The number of halogens is 2. The van der Waals surface area contributed by atoms with E-state index in [4.69, 9.17) is 9.47 Å². The van der Waals surface area contributed by atoms with Crippen LogP contribution < -0.4 is 5.32 Å². The van der Waals surface area contributed by atoms with Gasteiger partial charge in [-0.1, -0.05) is 12.1 Å². The molecule has 3 heterocycles.